The number of rotatable bonds is 4. The number of imide groups is 1. The van der Waals surface area contributed by atoms with E-state index in [1.807, 2.05) is 35.0 Å². The van der Waals surface area contributed by atoms with Crippen LogP contribution in [-0.4, -0.2) is 38.4 Å². The normalized spacial score (nSPS) is 18.3. The largest absolute Gasteiger partial charge is 0.322 e. The quantitative estimate of drug-likeness (QED) is 0.666. The number of nitrogens with one attached hydrogen (secondary N) is 1. The second kappa shape index (κ2) is 7.50. The summed E-state index contributed by atoms with van der Waals surface area (Å²) in [4.78, 5) is 38.3. The Kier molecular flexibility index (Phi) is 4.66. The lowest BCUT2D eigenvalue weighted by molar-refractivity contribution is -0.136. The summed E-state index contributed by atoms with van der Waals surface area (Å²) in [5.74, 6) is -0.857. The number of piperidine rings is 1. The summed E-state index contributed by atoms with van der Waals surface area (Å²) in [7, 11) is 0. The van der Waals surface area contributed by atoms with E-state index in [1.54, 1.807) is 11.0 Å². The molecule has 1 unspecified atom stereocenters. The summed E-state index contributed by atoms with van der Waals surface area (Å²) in [6, 6.07) is 17.2. The summed E-state index contributed by atoms with van der Waals surface area (Å²) in [5, 5.41) is 7.11. The summed E-state index contributed by atoms with van der Waals surface area (Å²) < 4.78 is 1.91. The molecule has 0 spiro atoms. The van der Waals surface area contributed by atoms with Gasteiger partial charge in [0.15, 0.2) is 0 Å². The maximum absolute atomic E-state index is 12.9. The topological polar surface area (TPSA) is 84.3 Å². The Bertz CT molecular complexity index is 1200. The standard InChI is InChI=1S/C24H22N4O3/c1-2-17-13-21(15-6-4-3-5-7-15)28(26-17)18-8-9-19-16(12-18)14-27(24(19)31)20-10-11-22(29)25-23(20)30/h3-9,12-13,20H,2,10-11,14H2,1H3,(H,25,29,30). The predicted molar refractivity (Wildman–Crippen MR) is 114 cm³/mol. The van der Waals surface area contributed by atoms with Crippen molar-refractivity contribution >= 4 is 17.7 Å². The lowest BCUT2D eigenvalue weighted by Gasteiger charge is -2.29. The molecular formula is C24H22N4O3. The van der Waals surface area contributed by atoms with Gasteiger partial charge in [-0.25, -0.2) is 4.68 Å². The minimum atomic E-state index is -0.614. The predicted octanol–water partition coefficient (Wildman–Crippen LogP) is 2.86. The number of hydrogen-bond donors (Lipinski definition) is 1. The van der Waals surface area contributed by atoms with E-state index in [1.165, 1.54) is 0 Å². The molecule has 7 heteroatoms. The van der Waals surface area contributed by atoms with Crippen molar-refractivity contribution in [2.75, 3.05) is 0 Å². The minimum absolute atomic E-state index is 0.172. The number of carbonyl (C=O) groups excluding carboxylic acids is 3. The molecule has 2 aliphatic rings. The zero-order valence-electron chi connectivity index (χ0n) is 17.2. The number of benzene rings is 2. The zero-order valence-corrected chi connectivity index (χ0v) is 17.2. The van der Waals surface area contributed by atoms with Gasteiger partial charge in [-0.05, 0) is 42.7 Å². The van der Waals surface area contributed by atoms with Gasteiger partial charge >= 0.3 is 0 Å². The van der Waals surface area contributed by atoms with Crippen LogP contribution >= 0.6 is 0 Å². The lowest BCUT2D eigenvalue weighted by atomic mass is 10.0. The van der Waals surface area contributed by atoms with Gasteiger partial charge in [0.1, 0.15) is 6.04 Å². The van der Waals surface area contributed by atoms with Crippen molar-refractivity contribution in [3.63, 3.8) is 0 Å². The first kappa shape index (κ1) is 19.2. The molecule has 1 atom stereocenters. The molecule has 3 amide bonds. The highest BCUT2D eigenvalue weighted by molar-refractivity contribution is 6.05. The number of nitrogens with zero attached hydrogens (tertiary/aromatic N) is 3. The molecule has 1 aromatic heterocycles. The molecule has 7 nitrogen and oxygen atoms in total. The van der Waals surface area contributed by atoms with Gasteiger partial charge in [0, 0.05) is 24.1 Å². The Balaban J connectivity index is 1.50. The van der Waals surface area contributed by atoms with Crippen LogP contribution in [0.1, 0.15) is 41.4 Å². The average molecular weight is 414 g/mol. The molecule has 0 bridgehead atoms. The molecule has 31 heavy (non-hydrogen) atoms. The highest BCUT2D eigenvalue weighted by Gasteiger charge is 2.39. The van der Waals surface area contributed by atoms with Gasteiger partial charge in [-0.1, -0.05) is 37.3 Å². The molecule has 0 saturated carbocycles. The van der Waals surface area contributed by atoms with Crippen molar-refractivity contribution in [1.82, 2.24) is 20.0 Å². The first-order valence-corrected chi connectivity index (χ1v) is 10.5. The molecule has 1 N–H and O–H groups in total. The maximum Gasteiger partial charge on any atom is 0.255 e. The highest BCUT2D eigenvalue weighted by atomic mass is 16.2. The number of hydrogen-bond acceptors (Lipinski definition) is 4. The molecule has 1 saturated heterocycles. The minimum Gasteiger partial charge on any atom is -0.322 e. The highest BCUT2D eigenvalue weighted by Crippen LogP contribution is 2.31. The molecule has 2 aliphatic heterocycles. The van der Waals surface area contributed by atoms with Gasteiger partial charge in [-0.3, -0.25) is 19.7 Å². The average Bonchev–Trinajstić information content (AvgIpc) is 3.36. The monoisotopic (exact) mass is 414 g/mol. The Morgan fingerprint density at radius 1 is 1.06 bits per heavy atom. The molecular weight excluding hydrogens is 392 g/mol. The Morgan fingerprint density at radius 3 is 2.61 bits per heavy atom. The van der Waals surface area contributed by atoms with E-state index in [0.717, 1.165) is 34.6 Å². The van der Waals surface area contributed by atoms with E-state index in [9.17, 15) is 14.4 Å². The third-order valence-electron chi connectivity index (χ3n) is 5.94. The van der Waals surface area contributed by atoms with Crippen molar-refractivity contribution < 1.29 is 14.4 Å². The summed E-state index contributed by atoms with van der Waals surface area (Å²) in [6.45, 7) is 2.41. The second-order valence-electron chi connectivity index (χ2n) is 7.89. The van der Waals surface area contributed by atoms with Crippen LogP contribution < -0.4 is 5.32 Å². The first-order valence-electron chi connectivity index (χ1n) is 10.5. The third-order valence-corrected chi connectivity index (χ3v) is 5.94. The second-order valence-corrected chi connectivity index (χ2v) is 7.89. The van der Waals surface area contributed by atoms with E-state index < -0.39 is 11.9 Å². The maximum atomic E-state index is 12.9. The van der Waals surface area contributed by atoms with Crippen molar-refractivity contribution in [3.8, 4) is 16.9 Å². The van der Waals surface area contributed by atoms with Gasteiger partial charge in [0.05, 0.1) is 17.1 Å². The van der Waals surface area contributed by atoms with Crippen LogP contribution in [0.2, 0.25) is 0 Å². The van der Waals surface area contributed by atoms with Crippen LogP contribution in [0.5, 0.6) is 0 Å². The zero-order chi connectivity index (χ0) is 21.5. The fraction of sp³-hybridized carbons (Fsp3) is 0.250. The Labute approximate surface area is 179 Å². The number of aromatic nitrogens is 2. The van der Waals surface area contributed by atoms with Gasteiger partial charge < -0.3 is 4.90 Å². The SMILES string of the molecule is CCc1cc(-c2ccccc2)n(-c2ccc3c(c2)CN(C2CCC(=O)NC2=O)C3=O)n1. The van der Waals surface area contributed by atoms with Crippen molar-refractivity contribution in [1.29, 1.82) is 0 Å². The molecule has 3 heterocycles. The van der Waals surface area contributed by atoms with Crippen molar-refractivity contribution in [2.24, 2.45) is 0 Å². The molecule has 3 aromatic rings. The van der Waals surface area contributed by atoms with Gasteiger partial charge in [0.25, 0.3) is 5.91 Å². The molecule has 5 rings (SSSR count). The van der Waals surface area contributed by atoms with Crippen LogP contribution in [-0.2, 0) is 22.6 Å². The molecule has 0 aliphatic carbocycles. The van der Waals surface area contributed by atoms with Gasteiger partial charge in [-0.2, -0.15) is 5.10 Å². The number of amides is 3. The number of aryl methyl sites for hydroxylation is 1. The van der Waals surface area contributed by atoms with Crippen LogP contribution in [0.3, 0.4) is 0 Å². The lowest BCUT2D eigenvalue weighted by Crippen LogP contribution is -2.52. The van der Waals surface area contributed by atoms with Crippen LogP contribution in [0.15, 0.2) is 54.6 Å². The molecule has 156 valence electrons. The first-order chi connectivity index (χ1) is 15.0. The van der Waals surface area contributed by atoms with Crippen molar-refractivity contribution in [2.45, 2.75) is 38.8 Å². The number of fused-ring (bicyclic) bond motifs is 1. The summed E-state index contributed by atoms with van der Waals surface area (Å²) in [5.41, 5.74) is 5.37. The van der Waals surface area contributed by atoms with Crippen LogP contribution in [0, 0.1) is 0 Å². The smallest absolute Gasteiger partial charge is 0.255 e. The van der Waals surface area contributed by atoms with E-state index in [-0.39, 0.29) is 18.2 Å². The van der Waals surface area contributed by atoms with Crippen molar-refractivity contribution in [3.05, 3.63) is 71.4 Å². The van der Waals surface area contributed by atoms with E-state index in [2.05, 4.69) is 30.4 Å². The number of carbonyl (C=O) groups is 3. The summed E-state index contributed by atoms with van der Waals surface area (Å²) >= 11 is 0. The van der Waals surface area contributed by atoms with Crippen LogP contribution in [0.25, 0.3) is 16.9 Å². The van der Waals surface area contributed by atoms with E-state index in [0.29, 0.717) is 18.5 Å². The van der Waals surface area contributed by atoms with E-state index in [4.69, 9.17) is 5.10 Å². The van der Waals surface area contributed by atoms with E-state index >= 15 is 0 Å². The van der Waals surface area contributed by atoms with Gasteiger partial charge in [0.2, 0.25) is 11.8 Å². The van der Waals surface area contributed by atoms with Crippen LogP contribution in [0.4, 0.5) is 0 Å². The van der Waals surface area contributed by atoms with Gasteiger partial charge in [-0.15, -0.1) is 0 Å². The molecule has 2 aromatic carbocycles. The fourth-order valence-electron chi connectivity index (χ4n) is 4.31. The molecule has 1 fully saturated rings. The Hall–Kier alpha value is -3.74. The Morgan fingerprint density at radius 2 is 1.87 bits per heavy atom. The third kappa shape index (κ3) is 3.32. The fourth-order valence-corrected chi connectivity index (χ4v) is 4.31. The summed E-state index contributed by atoms with van der Waals surface area (Å²) in [6.07, 6.45) is 1.42. The molecule has 0 radical (unpaired) electrons.